The van der Waals surface area contributed by atoms with Crippen molar-refractivity contribution in [2.45, 2.75) is 33.1 Å². The van der Waals surface area contributed by atoms with Gasteiger partial charge in [0.2, 0.25) is 0 Å². The van der Waals surface area contributed by atoms with Gasteiger partial charge >= 0.3 is 5.97 Å². The van der Waals surface area contributed by atoms with Gasteiger partial charge in [-0.15, -0.1) is 0 Å². The Labute approximate surface area is 114 Å². The molecule has 3 fully saturated rings. The normalized spacial score (nSPS) is 45.4. The second-order valence-electron chi connectivity index (χ2n) is 6.88. The maximum atomic E-state index is 12.4. The molecule has 3 aliphatic carbocycles. The standard InChI is InChI=1S/C16H22O3/c1-8-10-5-13(10)16(3)7-14(17)11(6-12(8)16)9(2)15(18)19-4/h9-13H,1,5-7H2,2-4H3/t9-,10-,11-,12-,13-,16-/m1/s1. The number of esters is 1. The van der Waals surface area contributed by atoms with Crippen LogP contribution in [0.25, 0.3) is 0 Å². The number of hydrogen-bond donors (Lipinski definition) is 0. The van der Waals surface area contributed by atoms with Gasteiger partial charge in [0.05, 0.1) is 13.0 Å². The lowest BCUT2D eigenvalue weighted by atomic mass is 9.60. The van der Waals surface area contributed by atoms with Crippen LogP contribution in [0, 0.1) is 35.0 Å². The zero-order valence-corrected chi connectivity index (χ0v) is 11.9. The highest BCUT2D eigenvalue weighted by atomic mass is 16.5. The lowest BCUT2D eigenvalue weighted by molar-refractivity contribution is -0.151. The molecule has 6 atom stereocenters. The van der Waals surface area contributed by atoms with Crippen LogP contribution < -0.4 is 0 Å². The molecule has 3 aliphatic rings. The van der Waals surface area contributed by atoms with Crippen molar-refractivity contribution >= 4 is 11.8 Å². The molecule has 0 aromatic rings. The first-order chi connectivity index (χ1) is 8.90. The van der Waals surface area contributed by atoms with E-state index >= 15 is 0 Å². The van der Waals surface area contributed by atoms with Crippen molar-refractivity contribution < 1.29 is 14.3 Å². The first-order valence-corrected chi connectivity index (χ1v) is 7.19. The van der Waals surface area contributed by atoms with E-state index in [4.69, 9.17) is 4.74 Å². The molecule has 19 heavy (non-hydrogen) atoms. The molecule has 0 N–H and O–H groups in total. The molecule has 0 amide bonds. The highest BCUT2D eigenvalue weighted by Gasteiger charge is 2.65. The summed E-state index contributed by atoms with van der Waals surface area (Å²) in [6.07, 6.45) is 2.62. The van der Waals surface area contributed by atoms with E-state index in [0.717, 1.165) is 6.42 Å². The Balaban J connectivity index is 1.83. The molecule has 3 saturated carbocycles. The van der Waals surface area contributed by atoms with E-state index in [9.17, 15) is 9.59 Å². The summed E-state index contributed by atoms with van der Waals surface area (Å²) in [4.78, 5) is 24.1. The first-order valence-electron chi connectivity index (χ1n) is 7.19. The Bertz CT molecular complexity index is 467. The van der Waals surface area contributed by atoms with Crippen LogP contribution in [0.5, 0.6) is 0 Å². The van der Waals surface area contributed by atoms with Crippen LogP contribution in [-0.4, -0.2) is 18.9 Å². The van der Waals surface area contributed by atoms with Gasteiger partial charge in [-0.2, -0.15) is 0 Å². The Kier molecular flexibility index (Phi) is 2.67. The van der Waals surface area contributed by atoms with Crippen LogP contribution in [0.3, 0.4) is 0 Å². The number of Topliss-reactive ketones (excluding diaryl/α,β-unsaturated/α-hetero) is 1. The largest absolute Gasteiger partial charge is 0.469 e. The van der Waals surface area contributed by atoms with Gasteiger partial charge in [0, 0.05) is 12.3 Å². The molecular formula is C16H22O3. The van der Waals surface area contributed by atoms with Crippen LogP contribution in [0.15, 0.2) is 12.2 Å². The molecule has 3 nitrogen and oxygen atoms in total. The highest BCUT2D eigenvalue weighted by Crippen LogP contribution is 2.71. The van der Waals surface area contributed by atoms with E-state index in [1.165, 1.54) is 19.1 Å². The predicted molar refractivity (Wildman–Crippen MR) is 71.2 cm³/mol. The van der Waals surface area contributed by atoms with Crippen molar-refractivity contribution in [2.24, 2.45) is 35.0 Å². The average molecular weight is 262 g/mol. The minimum atomic E-state index is -0.327. The van der Waals surface area contributed by atoms with Crippen molar-refractivity contribution in [2.75, 3.05) is 7.11 Å². The number of carbonyl (C=O) groups excluding carboxylic acids is 2. The van der Waals surface area contributed by atoms with Crippen LogP contribution >= 0.6 is 0 Å². The maximum absolute atomic E-state index is 12.4. The fourth-order valence-corrected chi connectivity index (χ4v) is 4.67. The summed E-state index contributed by atoms with van der Waals surface area (Å²) in [5.41, 5.74) is 1.45. The summed E-state index contributed by atoms with van der Waals surface area (Å²) in [5.74, 6) is 1.21. The Morgan fingerprint density at radius 3 is 2.79 bits per heavy atom. The van der Waals surface area contributed by atoms with Crippen molar-refractivity contribution in [1.82, 2.24) is 0 Å². The lowest BCUT2D eigenvalue weighted by Gasteiger charge is -2.42. The number of hydrogen-bond acceptors (Lipinski definition) is 3. The van der Waals surface area contributed by atoms with Gasteiger partial charge in [-0.1, -0.05) is 26.0 Å². The zero-order chi connectivity index (χ0) is 13.9. The van der Waals surface area contributed by atoms with Crippen LogP contribution in [0.1, 0.15) is 33.1 Å². The van der Waals surface area contributed by atoms with E-state index < -0.39 is 0 Å². The molecule has 0 radical (unpaired) electrons. The van der Waals surface area contributed by atoms with Gasteiger partial charge in [0.1, 0.15) is 5.78 Å². The van der Waals surface area contributed by atoms with Gasteiger partial charge in [-0.3, -0.25) is 9.59 Å². The van der Waals surface area contributed by atoms with E-state index in [1.807, 2.05) is 6.92 Å². The molecular weight excluding hydrogens is 240 g/mol. The van der Waals surface area contributed by atoms with Crippen LogP contribution in [0.2, 0.25) is 0 Å². The SMILES string of the molecule is C=C1[C@H]2C[C@H]2[C@]2(C)CC(=O)[C@@H]([C@@H](C)C(=O)OC)C[C@H]12. The van der Waals surface area contributed by atoms with Gasteiger partial charge in [-0.05, 0) is 36.0 Å². The molecule has 0 aromatic carbocycles. The van der Waals surface area contributed by atoms with Crippen molar-refractivity contribution in [3.05, 3.63) is 12.2 Å². The monoisotopic (exact) mass is 262 g/mol. The molecule has 0 heterocycles. The molecule has 0 bridgehead atoms. The third kappa shape index (κ3) is 1.63. The quantitative estimate of drug-likeness (QED) is 0.567. The van der Waals surface area contributed by atoms with Crippen molar-refractivity contribution in [3.63, 3.8) is 0 Å². The van der Waals surface area contributed by atoms with Gasteiger partial charge in [0.15, 0.2) is 0 Å². The summed E-state index contributed by atoms with van der Waals surface area (Å²) < 4.78 is 4.79. The molecule has 0 saturated heterocycles. The number of allylic oxidation sites excluding steroid dienone is 1. The van der Waals surface area contributed by atoms with Gasteiger partial charge in [-0.25, -0.2) is 0 Å². The number of ether oxygens (including phenoxy) is 1. The summed E-state index contributed by atoms with van der Waals surface area (Å²) in [7, 11) is 1.39. The number of carbonyl (C=O) groups is 2. The molecule has 104 valence electrons. The minimum absolute atomic E-state index is 0.116. The fraction of sp³-hybridized carbons (Fsp3) is 0.750. The third-order valence-electron chi connectivity index (χ3n) is 5.99. The molecule has 0 aromatic heterocycles. The van der Waals surface area contributed by atoms with E-state index in [-0.39, 0.29) is 29.0 Å². The smallest absolute Gasteiger partial charge is 0.309 e. The summed E-state index contributed by atoms with van der Waals surface area (Å²) >= 11 is 0. The number of methoxy groups -OCH3 is 1. The molecule has 0 aliphatic heterocycles. The van der Waals surface area contributed by atoms with E-state index in [2.05, 4.69) is 13.5 Å². The topological polar surface area (TPSA) is 43.4 Å². The predicted octanol–water partition coefficient (Wildman–Crippen LogP) is 2.60. The molecule has 0 unspecified atom stereocenters. The number of rotatable bonds is 2. The summed E-state index contributed by atoms with van der Waals surface area (Å²) in [6.45, 7) is 8.33. The Morgan fingerprint density at radius 2 is 2.16 bits per heavy atom. The zero-order valence-electron chi connectivity index (χ0n) is 11.9. The highest BCUT2D eigenvalue weighted by molar-refractivity contribution is 5.88. The summed E-state index contributed by atoms with van der Waals surface area (Å²) in [6, 6.07) is 0. The number of fused-ring (bicyclic) bond motifs is 3. The average Bonchev–Trinajstić information content (AvgIpc) is 3.13. The molecule has 3 heteroatoms. The fourth-order valence-electron chi connectivity index (χ4n) is 4.67. The van der Waals surface area contributed by atoms with Crippen molar-refractivity contribution in [3.8, 4) is 0 Å². The van der Waals surface area contributed by atoms with Gasteiger partial charge < -0.3 is 4.74 Å². The Hall–Kier alpha value is -1.12. The minimum Gasteiger partial charge on any atom is -0.469 e. The first kappa shape index (κ1) is 12.9. The maximum Gasteiger partial charge on any atom is 0.309 e. The van der Waals surface area contributed by atoms with Crippen molar-refractivity contribution in [1.29, 1.82) is 0 Å². The van der Waals surface area contributed by atoms with Crippen LogP contribution in [0.4, 0.5) is 0 Å². The lowest BCUT2D eigenvalue weighted by Crippen LogP contribution is -2.43. The molecule has 0 spiro atoms. The third-order valence-corrected chi connectivity index (χ3v) is 5.99. The van der Waals surface area contributed by atoms with Crippen LogP contribution in [-0.2, 0) is 14.3 Å². The molecule has 3 rings (SSSR count). The Morgan fingerprint density at radius 1 is 1.47 bits per heavy atom. The number of ketones is 1. The van der Waals surface area contributed by atoms with E-state index in [1.54, 1.807) is 0 Å². The second-order valence-corrected chi connectivity index (χ2v) is 6.88. The second kappa shape index (κ2) is 3.94. The summed E-state index contributed by atoms with van der Waals surface area (Å²) in [5, 5.41) is 0. The van der Waals surface area contributed by atoms with E-state index in [0.29, 0.717) is 24.2 Å². The van der Waals surface area contributed by atoms with Gasteiger partial charge in [0.25, 0.3) is 0 Å².